The topological polar surface area (TPSA) is 52.4 Å². The number of thiophene rings is 1. The van der Waals surface area contributed by atoms with E-state index < -0.39 is 0 Å². The Hall–Kier alpha value is -3.02. The van der Waals surface area contributed by atoms with Crippen LogP contribution >= 0.6 is 11.3 Å². The Kier molecular flexibility index (Phi) is 10.9. The van der Waals surface area contributed by atoms with Gasteiger partial charge in [-0.15, -0.1) is 11.3 Å². The largest absolute Gasteiger partial charge is 0.382 e. The Morgan fingerprint density at radius 3 is 2.47 bits per heavy atom. The maximum atomic E-state index is 12.6. The average Bonchev–Trinajstić information content (AvgIpc) is 3.43. The van der Waals surface area contributed by atoms with Gasteiger partial charge in [0.2, 0.25) is 5.70 Å². The van der Waals surface area contributed by atoms with Crippen molar-refractivity contribution in [2.75, 3.05) is 58.1 Å². The van der Waals surface area contributed by atoms with Crippen molar-refractivity contribution in [3.63, 3.8) is 0 Å². The van der Waals surface area contributed by atoms with Crippen molar-refractivity contribution in [2.24, 2.45) is 0 Å². The number of nitrogens with zero attached hydrogens (tertiary/aromatic N) is 2. The summed E-state index contributed by atoms with van der Waals surface area (Å²) in [4.78, 5) is 20.6. The summed E-state index contributed by atoms with van der Waals surface area (Å²) in [6, 6.07) is 17.4. The van der Waals surface area contributed by atoms with Gasteiger partial charge in [-0.25, -0.2) is 4.85 Å². The van der Waals surface area contributed by atoms with Crippen LogP contribution in [0.3, 0.4) is 0 Å². The highest BCUT2D eigenvalue weighted by Gasteiger charge is 2.13. The lowest BCUT2D eigenvalue weighted by molar-refractivity contribution is -0.115. The second kappa shape index (κ2) is 14.8. The monoisotopic (exact) mass is 532 g/mol. The molecular weight excluding hydrogens is 496 g/mol. The normalized spacial score (nSPS) is 14.1. The number of hydrogen-bond acceptors (Lipinski definition) is 6. The SMILES string of the molecule is [C-]#[N+]/C(=C\c1ccc(-c2ccc3cc(N4CCCCC4)ccc3c2)s1)C(=O)CCCOCCOCCOC. The fraction of sp³-hybridized carbons (Fsp3) is 0.419. The van der Waals surface area contributed by atoms with Crippen LogP contribution in [0.4, 0.5) is 5.69 Å². The molecule has 0 radical (unpaired) electrons. The minimum Gasteiger partial charge on any atom is -0.382 e. The minimum absolute atomic E-state index is 0.148. The predicted molar refractivity (Wildman–Crippen MR) is 156 cm³/mol. The standard InChI is InChI=1S/C31H36N2O4S/c1-32-29(30(34)7-6-16-36-19-20-37-18-17-35-2)23-28-12-13-31(38-28)26-9-8-25-22-27(11-10-24(25)21-26)33-14-4-3-5-15-33/h8-13,21-23H,3-7,14-20H2,2H3/b29-23-. The quantitative estimate of drug-likeness (QED) is 0.129. The number of ether oxygens (including phenoxy) is 3. The maximum absolute atomic E-state index is 12.6. The smallest absolute Gasteiger partial charge is 0.230 e. The van der Waals surface area contributed by atoms with E-state index in [0.717, 1.165) is 28.4 Å². The molecule has 0 bridgehead atoms. The van der Waals surface area contributed by atoms with Crippen LogP contribution in [0.5, 0.6) is 0 Å². The number of methoxy groups -OCH3 is 1. The molecule has 1 aromatic heterocycles. The Bertz CT molecular complexity index is 1270. The lowest BCUT2D eigenvalue weighted by atomic mass is 10.0. The molecular formula is C31H36N2O4S. The Morgan fingerprint density at radius 2 is 1.68 bits per heavy atom. The van der Waals surface area contributed by atoms with Crippen molar-refractivity contribution in [3.8, 4) is 10.4 Å². The van der Waals surface area contributed by atoms with Gasteiger partial charge in [-0.3, -0.25) is 0 Å². The molecule has 0 unspecified atom stereocenters. The zero-order chi connectivity index (χ0) is 26.6. The molecule has 0 aliphatic carbocycles. The molecule has 0 atom stereocenters. The van der Waals surface area contributed by atoms with E-state index in [1.54, 1.807) is 24.5 Å². The number of benzene rings is 2. The number of fused-ring (bicyclic) bond motifs is 1. The van der Waals surface area contributed by atoms with Crippen LogP contribution in [0.25, 0.3) is 32.1 Å². The first-order valence-corrected chi connectivity index (χ1v) is 14.2. The first-order valence-electron chi connectivity index (χ1n) is 13.3. The van der Waals surface area contributed by atoms with Gasteiger partial charge in [0.1, 0.15) is 0 Å². The van der Waals surface area contributed by atoms with Crippen molar-refractivity contribution >= 4 is 39.7 Å². The average molecular weight is 533 g/mol. The summed E-state index contributed by atoms with van der Waals surface area (Å²) >= 11 is 1.60. The molecule has 1 fully saturated rings. The highest BCUT2D eigenvalue weighted by molar-refractivity contribution is 7.16. The van der Waals surface area contributed by atoms with Crippen LogP contribution in [0.1, 0.15) is 37.0 Å². The maximum Gasteiger partial charge on any atom is 0.230 e. The van der Waals surface area contributed by atoms with Gasteiger partial charge in [-0.05, 0) is 78.4 Å². The number of anilines is 1. The summed E-state index contributed by atoms with van der Waals surface area (Å²) in [5, 5.41) is 2.46. The van der Waals surface area contributed by atoms with Crippen LogP contribution in [0.2, 0.25) is 0 Å². The molecule has 38 heavy (non-hydrogen) atoms. The van der Waals surface area contributed by atoms with Crippen molar-refractivity contribution in [2.45, 2.75) is 32.1 Å². The zero-order valence-corrected chi connectivity index (χ0v) is 22.9. The van der Waals surface area contributed by atoms with E-state index in [-0.39, 0.29) is 11.5 Å². The van der Waals surface area contributed by atoms with Crippen molar-refractivity contribution in [1.82, 2.24) is 0 Å². The Labute approximate surface area is 229 Å². The van der Waals surface area contributed by atoms with Gasteiger partial charge < -0.3 is 23.9 Å². The molecule has 6 nitrogen and oxygen atoms in total. The van der Waals surface area contributed by atoms with Crippen molar-refractivity contribution in [1.29, 1.82) is 0 Å². The molecule has 0 N–H and O–H groups in total. The highest BCUT2D eigenvalue weighted by atomic mass is 32.1. The van der Waals surface area contributed by atoms with Crippen LogP contribution in [-0.4, -0.2) is 59.0 Å². The van der Waals surface area contributed by atoms with E-state index in [4.69, 9.17) is 20.8 Å². The predicted octanol–water partition coefficient (Wildman–Crippen LogP) is 6.85. The first-order chi connectivity index (χ1) is 18.7. The molecule has 2 heterocycles. The molecule has 0 spiro atoms. The van der Waals surface area contributed by atoms with Gasteiger partial charge in [0, 0.05) is 48.7 Å². The van der Waals surface area contributed by atoms with E-state index in [1.165, 1.54) is 35.7 Å². The summed E-state index contributed by atoms with van der Waals surface area (Å²) in [6.45, 7) is 12.3. The number of allylic oxidation sites excluding steroid dienone is 1. The number of hydrogen-bond donors (Lipinski definition) is 0. The number of carbonyl (C=O) groups excluding carboxylic acids is 1. The fourth-order valence-corrected chi connectivity index (χ4v) is 5.50. The summed E-state index contributed by atoms with van der Waals surface area (Å²) in [7, 11) is 1.63. The summed E-state index contributed by atoms with van der Waals surface area (Å²) in [6.07, 6.45) is 6.45. The lowest BCUT2D eigenvalue weighted by Gasteiger charge is -2.29. The van der Waals surface area contributed by atoms with Gasteiger partial charge >= 0.3 is 0 Å². The summed E-state index contributed by atoms with van der Waals surface area (Å²) in [5.74, 6) is -0.148. The molecule has 1 saturated heterocycles. The molecule has 0 saturated carbocycles. The fourth-order valence-electron chi connectivity index (χ4n) is 4.56. The van der Waals surface area contributed by atoms with Crippen molar-refractivity contribution < 1.29 is 19.0 Å². The van der Waals surface area contributed by atoms with Gasteiger partial charge in [-0.2, -0.15) is 0 Å². The molecule has 1 aliphatic heterocycles. The van der Waals surface area contributed by atoms with E-state index in [1.807, 2.05) is 6.07 Å². The third-order valence-electron chi connectivity index (χ3n) is 6.64. The van der Waals surface area contributed by atoms with Crippen LogP contribution in [0, 0.1) is 6.57 Å². The van der Waals surface area contributed by atoms with Crippen molar-refractivity contribution in [3.05, 3.63) is 70.5 Å². The molecule has 2 aromatic carbocycles. The third kappa shape index (κ3) is 7.99. The van der Waals surface area contributed by atoms with E-state index >= 15 is 0 Å². The van der Waals surface area contributed by atoms with Gasteiger partial charge in [0.15, 0.2) is 5.78 Å². The minimum atomic E-state index is -0.148. The number of piperidine rings is 1. The lowest BCUT2D eigenvalue weighted by Crippen LogP contribution is -2.29. The van der Waals surface area contributed by atoms with Gasteiger partial charge in [-0.1, -0.05) is 18.2 Å². The molecule has 3 aromatic rings. The van der Waals surface area contributed by atoms with E-state index in [0.29, 0.717) is 45.9 Å². The summed E-state index contributed by atoms with van der Waals surface area (Å²) < 4.78 is 15.8. The zero-order valence-electron chi connectivity index (χ0n) is 22.1. The highest BCUT2D eigenvalue weighted by Crippen LogP contribution is 2.33. The Morgan fingerprint density at radius 1 is 0.947 bits per heavy atom. The van der Waals surface area contributed by atoms with Crippen LogP contribution in [0.15, 0.2) is 54.2 Å². The summed E-state index contributed by atoms with van der Waals surface area (Å²) in [5.41, 5.74) is 2.63. The van der Waals surface area contributed by atoms with Crippen LogP contribution in [-0.2, 0) is 19.0 Å². The Balaban J connectivity index is 1.32. The molecule has 1 aliphatic rings. The number of carbonyl (C=O) groups is 1. The van der Waals surface area contributed by atoms with E-state index in [9.17, 15) is 4.79 Å². The molecule has 4 rings (SSSR count). The number of ketones is 1. The first kappa shape index (κ1) is 28.0. The second-order valence-electron chi connectivity index (χ2n) is 9.38. The van der Waals surface area contributed by atoms with Gasteiger partial charge in [0.25, 0.3) is 0 Å². The van der Waals surface area contributed by atoms with Gasteiger partial charge in [0.05, 0.1) is 33.0 Å². The van der Waals surface area contributed by atoms with E-state index in [2.05, 4.69) is 52.2 Å². The molecule has 7 heteroatoms. The number of Topliss-reactive ketones (excluding diaryl/α,β-unsaturated/α-hetero) is 1. The molecule has 200 valence electrons. The van der Waals surface area contributed by atoms with Crippen LogP contribution < -0.4 is 4.90 Å². The second-order valence-corrected chi connectivity index (χ2v) is 10.5. The third-order valence-corrected chi connectivity index (χ3v) is 7.72. The molecule has 0 amide bonds. The number of rotatable bonds is 14.